The Morgan fingerprint density at radius 3 is 2.56 bits per heavy atom. The van der Waals surface area contributed by atoms with Gasteiger partial charge >= 0.3 is 0 Å². The minimum Gasteiger partial charge on any atom is -0.390 e. The summed E-state index contributed by atoms with van der Waals surface area (Å²) in [6.45, 7) is 8.64. The first-order chi connectivity index (χ1) is 7.36. The molecule has 0 aromatic rings. The van der Waals surface area contributed by atoms with Crippen molar-refractivity contribution in [2.45, 2.75) is 65.4 Å². The molecule has 1 heteroatoms. The predicted octanol–water partition coefficient (Wildman–Crippen LogP) is 3.92. The molecular weight excluding hydrogens is 196 g/mol. The normalized spacial score (nSPS) is 40.2. The maximum absolute atomic E-state index is 10.4. The summed E-state index contributed by atoms with van der Waals surface area (Å²) in [6.07, 6.45) is 8.62. The minimum atomic E-state index is -0.510. The SMILES string of the molecule is CC1=CC[C@@]2(CC1)C(C)CC[C@H]2C(C)(C)O. The number of rotatable bonds is 1. The average Bonchev–Trinajstić information content (AvgIpc) is 2.49. The first-order valence-electron chi connectivity index (χ1n) is 6.74. The van der Waals surface area contributed by atoms with Gasteiger partial charge in [-0.25, -0.2) is 0 Å². The summed E-state index contributed by atoms with van der Waals surface area (Å²) in [5.41, 5.74) is 1.42. The second-order valence-electron chi connectivity index (χ2n) is 6.67. The fourth-order valence-corrected chi connectivity index (χ4v) is 4.15. The molecule has 0 radical (unpaired) electrons. The van der Waals surface area contributed by atoms with Gasteiger partial charge in [-0.15, -0.1) is 0 Å². The van der Waals surface area contributed by atoms with Crippen molar-refractivity contribution in [1.29, 1.82) is 0 Å². The molecule has 2 rings (SSSR count). The van der Waals surface area contributed by atoms with E-state index in [1.165, 1.54) is 32.1 Å². The van der Waals surface area contributed by atoms with Crippen molar-refractivity contribution >= 4 is 0 Å². The summed E-state index contributed by atoms with van der Waals surface area (Å²) < 4.78 is 0. The summed E-state index contributed by atoms with van der Waals surface area (Å²) in [4.78, 5) is 0. The van der Waals surface area contributed by atoms with E-state index in [2.05, 4.69) is 19.9 Å². The quantitative estimate of drug-likeness (QED) is 0.667. The van der Waals surface area contributed by atoms with Crippen molar-refractivity contribution < 1.29 is 5.11 Å². The smallest absolute Gasteiger partial charge is 0.0625 e. The van der Waals surface area contributed by atoms with E-state index < -0.39 is 5.60 Å². The van der Waals surface area contributed by atoms with Crippen LogP contribution >= 0.6 is 0 Å². The Morgan fingerprint density at radius 2 is 2.06 bits per heavy atom. The van der Waals surface area contributed by atoms with E-state index in [1.807, 2.05) is 13.8 Å². The van der Waals surface area contributed by atoms with E-state index in [0.29, 0.717) is 11.3 Å². The highest BCUT2D eigenvalue weighted by Gasteiger charge is 2.52. The third-order valence-corrected chi connectivity index (χ3v) is 5.23. The highest BCUT2D eigenvalue weighted by atomic mass is 16.3. The van der Waals surface area contributed by atoms with Gasteiger partial charge < -0.3 is 5.11 Å². The van der Waals surface area contributed by atoms with Crippen LogP contribution in [0.4, 0.5) is 0 Å². The first-order valence-corrected chi connectivity index (χ1v) is 6.74. The molecule has 1 saturated carbocycles. The molecule has 16 heavy (non-hydrogen) atoms. The lowest BCUT2D eigenvalue weighted by molar-refractivity contribution is -0.0507. The Bertz CT molecular complexity index is 297. The predicted molar refractivity (Wildman–Crippen MR) is 68.2 cm³/mol. The van der Waals surface area contributed by atoms with Crippen molar-refractivity contribution in [1.82, 2.24) is 0 Å². The van der Waals surface area contributed by atoms with Gasteiger partial charge in [-0.3, -0.25) is 0 Å². The molecule has 1 unspecified atom stereocenters. The van der Waals surface area contributed by atoms with Crippen LogP contribution < -0.4 is 0 Å². The summed E-state index contributed by atoms with van der Waals surface area (Å²) in [5.74, 6) is 1.26. The van der Waals surface area contributed by atoms with Crippen molar-refractivity contribution in [3.63, 3.8) is 0 Å². The average molecular weight is 222 g/mol. The van der Waals surface area contributed by atoms with Gasteiger partial charge in [-0.2, -0.15) is 0 Å². The molecule has 92 valence electrons. The van der Waals surface area contributed by atoms with Gasteiger partial charge in [0.15, 0.2) is 0 Å². The Balaban J connectivity index is 2.29. The Kier molecular flexibility index (Phi) is 2.94. The van der Waals surface area contributed by atoms with E-state index in [-0.39, 0.29) is 0 Å². The lowest BCUT2D eigenvalue weighted by Gasteiger charge is -2.46. The minimum absolute atomic E-state index is 0.387. The van der Waals surface area contributed by atoms with Crippen LogP contribution in [0.5, 0.6) is 0 Å². The van der Waals surface area contributed by atoms with Crippen LogP contribution in [0.3, 0.4) is 0 Å². The molecule has 0 bridgehead atoms. The lowest BCUT2D eigenvalue weighted by Crippen LogP contribution is -2.43. The molecule has 0 saturated heterocycles. The zero-order valence-electron chi connectivity index (χ0n) is 11.2. The van der Waals surface area contributed by atoms with Gasteiger partial charge in [0, 0.05) is 0 Å². The molecule has 1 nitrogen and oxygen atoms in total. The van der Waals surface area contributed by atoms with Gasteiger partial charge in [0.1, 0.15) is 0 Å². The topological polar surface area (TPSA) is 20.2 Å². The Labute approximate surface area is 99.9 Å². The van der Waals surface area contributed by atoms with E-state index in [1.54, 1.807) is 5.57 Å². The van der Waals surface area contributed by atoms with Gasteiger partial charge in [-0.1, -0.05) is 18.6 Å². The van der Waals surface area contributed by atoms with Crippen molar-refractivity contribution in [2.24, 2.45) is 17.3 Å². The largest absolute Gasteiger partial charge is 0.390 e. The second kappa shape index (κ2) is 3.87. The van der Waals surface area contributed by atoms with Crippen molar-refractivity contribution in [2.75, 3.05) is 0 Å². The highest BCUT2D eigenvalue weighted by molar-refractivity contribution is 5.13. The highest BCUT2D eigenvalue weighted by Crippen LogP contribution is 2.58. The maximum Gasteiger partial charge on any atom is 0.0625 e. The van der Waals surface area contributed by atoms with E-state index >= 15 is 0 Å². The number of aliphatic hydroxyl groups is 1. The van der Waals surface area contributed by atoms with E-state index in [4.69, 9.17) is 0 Å². The van der Waals surface area contributed by atoms with Crippen LogP contribution in [-0.4, -0.2) is 10.7 Å². The van der Waals surface area contributed by atoms with E-state index in [9.17, 15) is 5.11 Å². The summed E-state index contributed by atoms with van der Waals surface area (Å²) in [5, 5.41) is 10.4. The second-order valence-corrected chi connectivity index (χ2v) is 6.67. The monoisotopic (exact) mass is 222 g/mol. The first kappa shape index (κ1) is 12.2. The summed E-state index contributed by atoms with van der Waals surface area (Å²) in [6, 6.07) is 0. The molecule has 0 amide bonds. The van der Waals surface area contributed by atoms with Gasteiger partial charge in [0.2, 0.25) is 0 Å². The lowest BCUT2D eigenvalue weighted by atomic mass is 9.60. The van der Waals surface area contributed by atoms with Crippen molar-refractivity contribution in [3.05, 3.63) is 11.6 Å². The van der Waals surface area contributed by atoms with E-state index in [0.717, 1.165) is 5.92 Å². The van der Waals surface area contributed by atoms with Crippen LogP contribution in [0.1, 0.15) is 59.8 Å². The molecule has 0 aromatic carbocycles. The van der Waals surface area contributed by atoms with Crippen molar-refractivity contribution in [3.8, 4) is 0 Å². The maximum atomic E-state index is 10.4. The van der Waals surface area contributed by atoms with Crippen LogP contribution in [0, 0.1) is 17.3 Å². The number of hydrogen-bond acceptors (Lipinski definition) is 1. The molecule has 2 aliphatic carbocycles. The molecule has 0 aromatic heterocycles. The zero-order chi connectivity index (χ0) is 12.0. The number of allylic oxidation sites excluding steroid dienone is 2. The molecule has 2 aliphatic rings. The molecule has 1 fully saturated rings. The van der Waals surface area contributed by atoms with Gasteiger partial charge in [-0.05, 0) is 70.1 Å². The molecule has 3 atom stereocenters. The number of hydrogen-bond donors (Lipinski definition) is 1. The van der Waals surface area contributed by atoms with Gasteiger partial charge in [0.25, 0.3) is 0 Å². The Morgan fingerprint density at radius 1 is 1.38 bits per heavy atom. The van der Waals surface area contributed by atoms with Gasteiger partial charge in [0.05, 0.1) is 5.60 Å². The van der Waals surface area contributed by atoms with Crippen LogP contribution in [0.15, 0.2) is 11.6 Å². The van der Waals surface area contributed by atoms with Crippen LogP contribution in [0.2, 0.25) is 0 Å². The molecule has 0 heterocycles. The van der Waals surface area contributed by atoms with Crippen LogP contribution in [0.25, 0.3) is 0 Å². The summed E-state index contributed by atoms with van der Waals surface area (Å²) in [7, 11) is 0. The molecule has 0 aliphatic heterocycles. The fourth-order valence-electron chi connectivity index (χ4n) is 4.15. The van der Waals surface area contributed by atoms with Crippen LogP contribution in [-0.2, 0) is 0 Å². The summed E-state index contributed by atoms with van der Waals surface area (Å²) >= 11 is 0. The third-order valence-electron chi connectivity index (χ3n) is 5.23. The molecular formula is C15H26O. The standard InChI is InChI=1S/C15H26O/c1-11-7-9-15(10-8-11)12(2)5-6-13(15)14(3,4)16/h7,12-13,16H,5-6,8-10H2,1-4H3/t12?,13-,15+/m0/s1. The zero-order valence-corrected chi connectivity index (χ0v) is 11.2. The Hall–Kier alpha value is -0.300. The third kappa shape index (κ3) is 1.84. The molecule has 1 N–H and O–H groups in total. The molecule has 1 spiro atoms. The fraction of sp³-hybridized carbons (Fsp3) is 0.867.